The van der Waals surface area contributed by atoms with Gasteiger partial charge in [0.2, 0.25) is 0 Å². The molecule has 28 heavy (non-hydrogen) atoms. The van der Waals surface area contributed by atoms with Crippen LogP contribution in [0, 0.1) is 11.8 Å². The number of piperazine rings is 1. The van der Waals surface area contributed by atoms with E-state index in [1.165, 1.54) is 25.2 Å². The van der Waals surface area contributed by atoms with Gasteiger partial charge in [-0.05, 0) is 36.7 Å². The Labute approximate surface area is 171 Å². The lowest BCUT2D eigenvalue weighted by molar-refractivity contribution is 0.0960. The monoisotopic (exact) mass is 386 g/mol. The van der Waals surface area contributed by atoms with Crippen LogP contribution in [0.15, 0.2) is 30.3 Å². The van der Waals surface area contributed by atoms with Crippen LogP contribution in [0.5, 0.6) is 0 Å². The molecular weight excluding hydrogens is 348 g/mol. The highest BCUT2D eigenvalue weighted by molar-refractivity contribution is 5.74. The summed E-state index contributed by atoms with van der Waals surface area (Å²) in [5, 5.41) is 3.08. The Kier molecular flexibility index (Phi) is 8.16. The van der Waals surface area contributed by atoms with Gasteiger partial charge in [-0.1, -0.05) is 44.2 Å². The van der Waals surface area contributed by atoms with Crippen molar-refractivity contribution in [2.24, 2.45) is 11.8 Å². The van der Waals surface area contributed by atoms with E-state index in [0.717, 1.165) is 64.4 Å². The summed E-state index contributed by atoms with van der Waals surface area (Å²) in [4.78, 5) is 19.5. The molecule has 0 unspecified atom stereocenters. The summed E-state index contributed by atoms with van der Waals surface area (Å²) >= 11 is 0. The van der Waals surface area contributed by atoms with Gasteiger partial charge in [0.1, 0.15) is 0 Å². The number of piperidine rings is 1. The van der Waals surface area contributed by atoms with E-state index in [-0.39, 0.29) is 6.03 Å². The van der Waals surface area contributed by atoms with Crippen LogP contribution in [-0.2, 0) is 6.54 Å². The van der Waals surface area contributed by atoms with Crippen molar-refractivity contribution in [1.29, 1.82) is 0 Å². The summed E-state index contributed by atoms with van der Waals surface area (Å²) in [6.07, 6.45) is 3.34. The highest BCUT2D eigenvalue weighted by Gasteiger charge is 2.25. The van der Waals surface area contributed by atoms with Crippen molar-refractivity contribution < 1.29 is 4.79 Å². The smallest absolute Gasteiger partial charge is 0.317 e. The van der Waals surface area contributed by atoms with Crippen LogP contribution in [-0.4, -0.2) is 73.1 Å². The largest absolute Gasteiger partial charge is 0.338 e. The van der Waals surface area contributed by atoms with Gasteiger partial charge in [0, 0.05) is 58.9 Å². The average molecular weight is 387 g/mol. The van der Waals surface area contributed by atoms with Crippen molar-refractivity contribution >= 4 is 6.03 Å². The summed E-state index contributed by atoms with van der Waals surface area (Å²) in [5.74, 6) is 1.37. The van der Waals surface area contributed by atoms with Gasteiger partial charge < -0.3 is 15.1 Å². The van der Waals surface area contributed by atoms with Gasteiger partial charge in [0.15, 0.2) is 0 Å². The second-order valence-corrected chi connectivity index (χ2v) is 8.91. The third-order valence-corrected chi connectivity index (χ3v) is 6.13. The number of likely N-dealkylation sites (tertiary alicyclic amines) is 1. The lowest BCUT2D eigenvalue weighted by Gasteiger charge is -2.39. The number of amides is 2. The predicted octanol–water partition coefficient (Wildman–Crippen LogP) is 3.27. The predicted molar refractivity (Wildman–Crippen MR) is 115 cm³/mol. The quantitative estimate of drug-likeness (QED) is 0.782. The highest BCUT2D eigenvalue weighted by atomic mass is 16.2. The first-order valence-corrected chi connectivity index (χ1v) is 11.1. The molecule has 0 aromatic heterocycles. The number of nitrogens with one attached hydrogen (secondary N) is 1. The van der Waals surface area contributed by atoms with E-state index in [1.54, 1.807) is 0 Å². The van der Waals surface area contributed by atoms with E-state index < -0.39 is 0 Å². The molecule has 2 amide bonds. The second kappa shape index (κ2) is 10.8. The Morgan fingerprint density at radius 3 is 2.29 bits per heavy atom. The zero-order valence-corrected chi connectivity index (χ0v) is 17.8. The van der Waals surface area contributed by atoms with Crippen molar-refractivity contribution in [3.8, 4) is 0 Å². The molecule has 3 rings (SSSR count). The molecule has 0 saturated carbocycles. The molecule has 1 N–H and O–H groups in total. The van der Waals surface area contributed by atoms with Gasteiger partial charge in [-0.25, -0.2) is 4.79 Å². The summed E-state index contributed by atoms with van der Waals surface area (Å²) < 4.78 is 0. The maximum Gasteiger partial charge on any atom is 0.317 e. The first-order valence-electron chi connectivity index (χ1n) is 11.1. The summed E-state index contributed by atoms with van der Waals surface area (Å²) in [5.41, 5.74) is 1.41. The number of carbonyl (C=O) groups is 1. The standard InChI is InChI=1S/C23H38N4O/c1-20(2)8-11-24-23(28)27-12-9-22(10-13-27)19-26-16-14-25(15-17-26)18-21-6-4-3-5-7-21/h3-7,20,22H,8-19H2,1-2H3,(H,24,28). The third-order valence-electron chi connectivity index (χ3n) is 6.13. The Bertz CT molecular complexity index is 576. The molecule has 0 radical (unpaired) electrons. The van der Waals surface area contributed by atoms with Crippen LogP contribution >= 0.6 is 0 Å². The molecule has 2 fully saturated rings. The van der Waals surface area contributed by atoms with Gasteiger partial charge in [-0.2, -0.15) is 0 Å². The average Bonchev–Trinajstić information content (AvgIpc) is 2.70. The van der Waals surface area contributed by atoms with Gasteiger partial charge in [-0.15, -0.1) is 0 Å². The maximum absolute atomic E-state index is 12.3. The molecule has 2 heterocycles. The number of rotatable bonds is 7. The zero-order chi connectivity index (χ0) is 19.8. The summed E-state index contributed by atoms with van der Waals surface area (Å²) in [6, 6.07) is 10.9. The number of benzene rings is 1. The molecule has 0 spiro atoms. The van der Waals surface area contributed by atoms with Crippen LogP contribution in [0.25, 0.3) is 0 Å². The van der Waals surface area contributed by atoms with Crippen LogP contribution in [0.4, 0.5) is 4.79 Å². The zero-order valence-electron chi connectivity index (χ0n) is 17.8. The fourth-order valence-electron chi connectivity index (χ4n) is 4.23. The van der Waals surface area contributed by atoms with Crippen LogP contribution in [0.1, 0.15) is 38.7 Å². The highest BCUT2D eigenvalue weighted by Crippen LogP contribution is 2.19. The molecule has 2 aliphatic rings. The van der Waals surface area contributed by atoms with Gasteiger partial charge in [0.05, 0.1) is 0 Å². The van der Waals surface area contributed by atoms with Crippen LogP contribution in [0.2, 0.25) is 0 Å². The first kappa shape index (κ1) is 21.1. The molecule has 2 saturated heterocycles. The van der Waals surface area contributed by atoms with Crippen molar-refractivity contribution in [1.82, 2.24) is 20.0 Å². The minimum Gasteiger partial charge on any atom is -0.338 e. The molecule has 0 bridgehead atoms. The van der Waals surface area contributed by atoms with E-state index in [9.17, 15) is 4.79 Å². The molecule has 1 aromatic carbocycles. The number of urea groups is 1. The molecule has 0 aliphatic carbocycles. The van der Waals surface area contributed by atoms with Crippen molar-refractivity contribution in [3.05, 3.63) is 35.9 Å². The molecule has 0 atom stereocenters. The number of hydrogen-bond acceptors (Lipinski definition) is 3. The Hall–Kier alpha value is -1.59. The normalized spacial score (nSPS) is 19.9. The van der Waals surface area contributed by atoms with Gasteiger partial charge in [0.25, 0.3) is 0 Å². The van der Waals surface area contributed by atoms with E-state index in [1.807, 2.05) is 4.90 Å². The molecule has 5 nitrogen and oxygen atoms in total. The number of carbonyl (C=O) groups excluding carboxylic acids is 1. The van der Waals surface area contributed by atoms with E-state index >= 15 is 0 Å². The van der Waals surface area contributed by atoms with Crippen molar-refractivity contribution in [3.63, 3.8) is 0 Å². The minimum atomic E-state index is 0.133. The molecule has 5 heteroatoms. The molecule has 2 aliphatic heterocycles. The molecule has 1 aromatic rings. The fraction of sp³-hybridized carbons (Fsp3) is 0.696. The van der Waals surface area contributed by atoms with Crippen molar-refractivity contribution in [2.45, 2.75) is 39.7 Å². The first-order chi connectivity index (χ1) is 13.6. The Morgan fingerprint density at radius 1 is 1.00 bits per heavy atom. The van der Waals surface area contributed by atoms with E-state index in [0.29, 0.717) is 5.92 Å². The maximum atomic E-state index is 12.3. The minimum absolute atomic E-state index is 0.133. The topological polar surface area (TPSA) is 38.8 Å². The van der Waals surface area contributed by atoms with Crippen LogP contribution in [0.3, 0.4) is 0 Å². The van der Waals surface area contributed by atoms with Crippen LogP contribution < -0.4 is 5.32 Å². The van der Waals surface area contributed by atoms with E-state index in [2.05, 4.69) is 59.3 Å². The fourth-order valence-corrected chi connectivity index (χ4v) is 4.23. The third kappa shape index (κ3) is 6.78. The Morgan fingerprint density at radius 2 is 1.64 bits per heavy atom. The summed E-state index contributed by atoms with van der Waals surface area (Å²) in [6.45, 7) is 13.9. The number of nitrogens with zero attached hydrogens (tertiary/aromatic N) is 3. The van der Waals surface area contributed by atoms with Crippen molar-refractivity contribution in [2.75, 3.05) is 52.4 Å². The van der Waals surface area contributed by atoms with E-state index in [4.69, 9.17) is 0 Å². The summed E-state index contributed by atoms with van der Waals surface area (Å²) in [7, 11) is 0. The Balaban J connectivity index is 1.31. The lowest BCUT2D eigenvalue weighted by Crippen LogP contribution is -2.49. The lowest BCUT2D eigenvalue weighted by atomic mass is 9.96. The number of hydrogen-bond donors (Lipinski definition) is 1. The SMILES string of the molecule is CC(C)CCNC(=O)N1CCC(CN2CCN(Cc3ccccc3)CC2)CC1. The molecule has 156 valence electrons. The van der Waals surface area contributed by atoms with Gasteiger partial charge in [-0.3, -0.25) is 4.90 Å². The molecular formula is C23H38N4O. The van der Waals surface area contributed by atoms with Gasteiger partial charge >= 0.3 is 6.03 Å². The second-order valence-electron chi connectivity index (χ2n) is 8.91.